The number of rotatable bonds is 3. The Morgan fingerprint density at radius 1 is 1.15 bits per heavy atom. The molecule has 0 fully saturated rings. The van der Waals surface area contributed by atoms with Gasteiger partial charge in [0.25, 0.3) is 0 Å². The Kier molecular flexibility index (Phi) is 3.16. The van der Waals surface area contributed by atoms with Gasteiger partial charge in [0.2, 0.25) is 5.88 Å². The van der Waals surface area contributed by atoms with Crippen molar-refractivity contribution < 1.29 is 4.74 Å². The number of hydrogen-bond acceptors (Lipinski definition) is 3. The van der Waals surface area contributed by atoms with Gasteiger partial charge in [-0.05, 0) is 23.9 Å². The van der Waals surface area contributed by atoms with Crippen molar-refractivity contribution in [3.63, 3.8) is 0 Å². The van der Waals surface area contributed by atoms with Crippen molar-refractivity contribution in [1.82, 2.24) is 9.78 Å². The van der Waals surface area contributed by atoms with Crippen LogP contribution in [0.5, 0.6) is 11.6 Å². The minimum Gasteiger partial charge on any atom is -0.439 e. The molecule has 4 nitrogen and oxygen atoms in total. The molecule has 0 aliphatic rings. The van der Waals surface area contributed by atoms with Crippen molar-refractivity contribution in [2.45, 2.75) is 13.5 Å². The largest absolute Gasteiger partial charge is 0.439 e. The van der Waals surface area contributed by atoms with E-state index < -0.39 is 0 Å². The molecule has 20 heavy (non-hydrogen) atoms. The predicted octanol–water partition coefficient (Wildman–Crippen LogP) is 3.13. The summed E-state index contributed by atoms with van der Waals surface area (Å²) in [5, 5.41) is 6.49. The van der Waals surface area contributed by atoms with E-state index in [1.54, 1.807) is 4.68 Å². The van der Waals surface area contributed by atoms with Gasteiger partial charge >= 0.3 is 0 Å². The molecule has 0 aliphatic heterocycles. The first-order valence-electron chi connectivity index (χ1n) is 6.58. The SMILES string of the molecule is Cc1cc(Oc2ccc(CN)c3ccccc23)n(C)n1. The topological polar surface area (TPSA) is 53.1 Å². The van der Waals surface area contributed by atoms with Crippen LogP contribution in [-0.4, -0.2) is 9.78 Å². The van der Waals surface area contributed by atoms with Crippen molar-refractivity contribution in [3.8, 4) is 11.6 Å². The van der Waals surface area contributed by atoms with Gasteiger partial charge in [0.1, 0.15) is 5.75 Å². The smallest absolute Gasteiger partial charge is 0.217 e. The fraction of sp³-hybridized carbons (Fsp3) is 0.188. The highest BCUT2D eigenvalue weighted by Crippen LogP contribution is 2.31. The summed E-state index contributed by atoms with van der Waals surface area (Å²) in [6.07, 6.45) is 0. The van der Waals surface area contributed by atoms with Gasteiger partial charge in [0.15, 0.2) is 0 Å². The Morgan fingerprint density at radius 3 is 2.55 bits per heavy atom. The van der Waals surface area contributed by atoms with Crippen molar-refractivity contribution in [2.75, 3.05) is 0 Å². The molecule has 1 heterocycles. The van der Waals surface area contributed by atoms with Crippen LogP contribution < -0.4 is 10.5 Å². The highest BCUT2D eigenvalue weighted by atomic mass is 16.5. The zero-order valence-corrected chi connectivity index (χ0v) is 11.6. The van der Waals surface area contributed by atoms with Crippen molar-refractivity contribution in [2.24, 2.45) is 12.8 Å². The Bertz CT molecular complexity index is 762. The van der Waals surface area contributed by atoms with Crippen LogP contribution in [0.1, 0.15) is 11.3 Å². The molecule has 0 aliphatic carbocycles. The molecule has 1 aromatic heterocycles. The van der Waals surface area contributed by atoms with E-state index in [4.69, 9.17) is 10.5 Å². The molecule has 0 saturated carbocycles. The zero-order valence-electron chi connectivity index (χ0n) is 11.6. The van der Waals surface area contributed by atoms with E-state index in [1.165, 1.54) is 0 Å². The third-order valence-corrected chi connectivity index (χ3v) is 3.37. The van der Waals surface area contributed by atoms with Crippen LogP contribution in [0.4, 0.5) is 0 Å². The number of nitrogens with two attached hydrogens (primary N) is 1. The van der Waals surface area contributed by atoms with Crippen LogP contribution >= 0.6 is 0 Å². The molecule has 3 rings (SSSR count). The quantitative estimate of drug-likeness (QED) is 0.793. The Morgan fingerprint density at radius 2 is 1.90 bits per heavy atom. The molecule has 2 aromatic carbocycles. The number of nitrogens with zero attached hydrogens (tertiary/aromatic N) is 2. The molecular weight excluding hydrogens is 250 g/mol. The third kappa shape index (κ3) is 2.14. The first-order valence-corrected chi connectivity index (χ1v) is 6.58. The Labute approximate surface area is 117 Å². The van der Waals surface area contributed by atoms with E-state index in [1.807, 2.05) is 50.4 Å². The van der Waals surface area contributed by atoms with E-state index in [9.17, 15) is 0 Å². The molecular formula is C16H17N3O. The third-order valence-electron chi connectivity index (χ3n) is 3.37. The number of benzene rings is 2. The number of aromatic nitrogens is 2. The number of fused-ring (bicyclic) bond motifs is 1. The lowest BCUT2D eigenvalue weighted by Crippen LogP contribution is -1.99. The molecule has 102 valence electrons. The molecule has 4 heteroatoms. The number of hydrogen-bond donors (Lipinski definition) is 1. The summed E-state index contributed by atoms with van der Waals surface area (Å²) in [7, 11) is 1.87. The lowest BCUT2D eigenvalue weighted by molar-refractivity contribution is 0.435. The average molecular weight is 267 g/mol. The zero-order chi connectivity index (χ0) is 14.1. The summed E-state index contributed by atoms with van der Waals surface area (Å²) >= 11 is 0. The maximum Gasteiger partial charge on any atom is 0.217 e. The first kappa shape index (κ1) is 12.7. The highest BCUT2D eigenvalue weighted by molar-refractivity contribution is 5.91. The molecule has 0 atom stereocenters. The Balaban J connectivity index is 2.10. The van der Waals surface area contributed by atoms with E-state index >= 15 is 0 Å². The van der Waals surface area contributed by atoms with Crippen molar-refractivity contribution in [1.29, 1.82) is 0 Å². The lowest BCUT2D eigenvalue weighted by Gasteiger charge is -2.11. The summed E-state index contributed by atoms with van der Waals surface area (Å²) < 4.78 is 7.74. The van der Waals surface area contributed by atoms with E-state index in [2.05, 4.69) is 11.2 Å². The van der Waals surface area contributed by atoms with Gasteiger partial charge in [-0.25, -0.2) is 4.68 Å². The maximum atomic E-state index is 6.00. The standard InChI is InChI=1S/C16H17N3O/c1-11-9-16(19(2)18-11)20-15-8-7-12(10-17)13-5-3-4-6-14(13)15/h3-9H,10,17H2,1-2H3. The van der Waals surface area contributed by atoms with Gasteiger partial charge in [-0.15, -0.1) is 0 Å². The summed E-state index contributed by atoms with van der Waals surface area (Å²) in [4.78, 5) is 0. The number of ether oxygens (including phenoxy) is 1. The van der Waals surface area contributed by atoms with Crippen LogP contribution in [0.3, 0.4) is 0 Å². The van der Waals surface area contributed by atoms with Crippen molar-refractivity contribution >= 4 is 10.8 Å². The molecule has 2 N–H and O–H groups in total. The Hall–Kier alpha value is -2.33. The van der Waals surface area contributed by atoms with Crippen LogP contribution in [0.2, 0.25) is 0 Å². The summed E-state index contributed by atoms with van der Waals surface area (Å²) in [5.41, 5.74) is 7.85. The van der Waals surface area contributed by atoms with Gasteiger partial charge < -0.3 is 10.5 Å². The van der Waals surface area contributed by atoms with Gasteiger partial charge in [-0.1, -0.05) is 30.3 Å². The average Bonchev–Trinajstić information content (AvgIpc) is 2.77. The fourth-order valence-electron chi connectivity index (χ4n) is 2.40. The van der Waals surface area contributed by atoms with Gasteiger partial charge in [0, 0.05) is 25.0 Å². The van der Waals surface area contributed by atoms with Crippen LogP contribution in [0.25, 0.3) is 10.8 Å². The molecule has 3 aromatic rings. The molecule has 0 spiro atoms. The molecule has 0 bridgehead atoms. The van der Waals surface area contributed by atoms with Gasteiger partial charge in [-0.3, -0.25) is 0 Å². The second-order valence-electron chi connectivity index (χ2n) is 4.82. The minimum atomic E-state index is 0.519. The minimum absolute atomic E-state index is 0.519. The van der Waals surface area contributed by atoms with Gasteiger partial charge in [0.05, 0.1) is 5.69 Å². The molecule has 0 unspecified atom stereocenters. The fourth-order valence-corrected chi connectivity index (χ4v) is 2.40. The van der Waals surface area contributed by atoms with E-state index in [0.717, 1.165) is 33.7 Å². The normalized spacial score (nSPS) is 10.9. The van der Waals surface area contributed by atoms with Crippen molar-refractivity contribution in [3.05, 3.63) is 53.7 Å². The highest BCUT2D eigenvalue weighted by Gasteiger charge is 2.09. The molecule has 0 amide bonds. The summed E-state index contributed by atoms with van der Waals surface area (Å²) in [6.45, 7) is 2.47. The molecule has 0 saturated heterocycles. The van der Waals surface area contributed by atoms with Crippen LogP contribution in [0, 0.1) is 6.92 Å². The number of aryl methyl sites for hydroxylation is 2. The summed E-state index contributed by atoms with van der Waals surface area (Å²) in [6, 6.07) is 14.0. The molecule has 0 radical (unpaired) electrons. The van der Waals surface area contributed by atoms with Crippen LogP contribution in [-0.2, 0) is 13.6 Å². The van der Waals surface area contributed by atoms with Gasteiger partial charge in [-0.2, -0.15) is 5.10 Å². The van der Waals surface area contributed by atoms with E-state index in [0.29, 0.717) is 6.54 Å². The second-order valence-corrected chi connectivity index (χ2v) is 4.82. The lowest BCUT2D eigenvalue weighted by atomic mass is 10.0. The van der Waals surface area contributed by atoms with E-state index in [-0.39, 0.29) is 0 Å². The predicted molar refractivity (Wildman–Crippen MR) is 79.9 cm³/mol. The second kappa shape index (κ2) is 4.98. The maximum absolute atomic E-state index is 6.00. The monoisotopic (exact) mass is 267 g/mol. The van der Waals surface area contributed by atoms with Crippen LogP contribution in [0.15, 0.2) is 42.5 Å². The summed E-state index contributed by atoms with van der Waals surface area (Å²) in [5.74, 6) is 1.55. The first-order chi connectivity index (χ1) is 9.69.